The van der Waals surface area contributed by atoms with Crippen molar-refractivity contribution in [1.82, 2.24) is 9.80 Å². The number of aliphatic hydroxyl groups is 1. The number of likely N-dealkylation sites (N-methyl/N-ethyl adjacent to an activating group) is 1. The van der Waals surface area contributed by atoms with Gasteiger partial charge < -0.3 is 5.11 Å². The highest BCUT2D eigenvalue weighted by atomic mass is 16.3. The monoisotopic (exact) mass is 248 g/mol. The summed E-state index contributed by atoms with van der Waals surface area (Å²) in [6.07, 6.45) is 1.09. The topological polar surface area (TPSA) is 26.7 Å². The molecule has 100 valence electrons. The summed E-state index contributed by atoms with van der Waals surface area (Å²) in [6.45, 7) is 5.64. The Balaban J connectivity index is 1.86. The third kappa shape index (κ3) is 3.31. The van der Waals surface area contributed by atoms with Crippen molar-refractivity contribution in [3.05, 3.63) is 35.9 Å². The van der Waals surface area contributed by atoms with Gasteiger partial charge in [0.1, 0.15) is 0 Å². The summed E-state index contributed by atoms with van der Waals surface area (Å²) in [5.41, 5.74) is 1.39. The number of piperazine rings is 1. The normalized spacial score (nSPS) is 26.4. The van der Waals surface area contributed by atoms with E-state index in [-0.39, 0.29) is 12.6 Å². The molecular weight excluding hydrogens is 224 g/mol. The highest BCUT2D eigenvalue weighted by Crippen LogP contribution is 2.14. The molecule has 0 spiro atoms. The molecule has 1 heterocycles. The molecule has 2 unspecified atom stereocenters. The first kappa shape index (κ1) is 13.5. The van der Waals surface area contributed by atoms with Crippen molar-refractivity contribution in [3.63, 3.8) is 0 Å². The van der Waals surface area contributed by atoms with E-state index in [1.807, 2.05) is 0 Å². The van der Waals surface area contributed by atoms with Gasteiger partial charge in [-0.2, -0.15) is 0 Å². The first-order chi connectivity index (χ1) is 8.70. The number of hydrogen-bond acceptors (Lipinski definition) is 3. The van der Waals surface area contributed by atoms with E-state index in [1.165, 1.54) is 5.56 Å². The zero-order valence-electron chi connectivity index (χ0n) is 11.4. The van der Waals surface area contributed by atoms with Crippen LogP contribution in [0, 0.1) is 0 Å². The lowest BCUT2D eigenvalue weighted by atomic mass is 10.1. The lowest BCUT2D eigenvalue weighted by Gasteiger charge is -2.43. The Morgan fingerprint density at radius 2 is 1.94 bits per heavy atom. The molecule has 1 fully saturated rings. The second-order valence-electron chi connectivity index (χ2n) is 5.35. The van der Waals surface area contributed by atoms with Gasteiger partial charge >= 0.3 is 0 Å². The number of nitrogens with zero attached hydrogens (tertiary/aromatic N) is 2. The SMILES string of the molecule is CC1CN(CCc2ccccc2)CC(CO)N1C. The standard InChI is InChI=1S/C15H24N2O/c1-13-10-17(11-15(12-18)16(13)2)9-8-14-6-4-3-5-7-14/h3-7,13,15,18H,8-12H2,1-2H3. The average Bonchev–Trinajstić information content (AvgIpc) is 2.41. The summed E-state index contributed by atoms with van der Waals surface area (Å²) in [6, 6.07) is 11.4. The molecule has 1 aromatic rings. The largest absolute Gasteiger partial charge is 0.395 e. The highest BCUT2D eigenvalue weighted by Gasteiger charge is 2.28. The maximum absolute atomic E-state index is 9.41. The van der Waals surface area contributed by atoms with E-state index < -0.39 is 0 Å². The molecule has 0 aromatic heterocycles. The predicted octanol–water partition coefficient (Wildman–Crippen LogP) is 1.23. The van der Waals surface area contributed by atoms with Gasteiger partial charge in [0.15, 0.2) is 0 Å². The van der Waals surface area contributed by atoms with Gasteiger partial charge in [0, 0.05) is 31.7 Å². The van der Waals surface area contributed by atoms with E-state index in [2.05, 4.69) is 54.1 Å². The fourth-order valence-electron chi connectivity index (χ4n) is 2.66. The smallest absolute Gasteiger partial charge is 0.0599 e. The summed E-state index contributed by atoms with van der Waals surface area (Å²) in [4.78, 5) is 4.76. The lowest BCUT2D eigenvalue weighted by Crippen LogP contribution is -2.57. The van der Waals surface area contributed by atoms with Crippen LogP contribution in [0.15, 0.2) is 30.3 Å². The van der Waals surface area contributed by atoms with Crippen molar-refractivity contribution in [3.8, 4) is 0 Å². The van der Waals surface area contributed by atoms with Crippen LogP contribution >= 0.6 is 0 Å². The molecule has 1 saturated heterocycles. The van der Waals surface area contributed by atoms with Crippen LogP contribution in [0.25, 0.3) is 0 Å². The maximum Gasteiger partial charge on any atom is 0.0599 e. The van der Waals surface area contributed by atoms with Crippen molar-refractivity contribution < 1.29 is 5.11 Å². The Morgan fingerprint density at radius 1 is 1.22 bits per heavy atom. The molecule has 18 heavy (non-hydrogen) atoms. The van der Waals surface area contributed by atoms with Gasteiger partial charge in [0.05, 0.1) is 6.61 Å². The van der Waals surface area contributed by atoms with Gasteiger partial charge in [0.25, 0.3) is 0 Å². The van der Waals surface area contributed by atoms with Crippen molar-refractivity contribution in [2.45, 2.75) is 25.4 Å². The zero-order chi connectivity index (χ0) is 13.0. The second-order valence-corrected chi connectivity index (χ2v) is 5.35. The minimum absolute atomic E-state index is 0.253. The summed E-state index contributed by atoms with van der Waals surface area (Å²) in [5.74, 6) is 0. The molecule has 0 bridgehead atoms. The Morgan fingerprint density at radius 3 is 2.61 bits per heavy atom. The van der Waals surface area contributed by atoms with Gasteiger partial charge in [-0.1, -0.05) is 30.3 Å². The molecular formula is C15H24N2O. The highest BCUT2D eigenvalue weighted by molar-refractivity contribution is 5.14. The van der Waals surface area contributed by atoms with Crippen molar-refractivity contribution in [2.75, 3.05) is 33.3 Å². The quantitative estimate of drug-likeness (QED) is 0.868. The van der Waals surface area contributed by atoms with Crippen molar-refractivity contribution in [2.24, 2.45) is 0 Å². The van der Waals surface area contributed by atoms with Crippen LogP contribution in [-0.4, -0.2) is 60.3 Å². The molecule has 0 aliphatic carbocycles. The van der Waals surface area contributed by atoms with Gasteiger partial charge in [-0.25, -0.2) is 0 Å². The van der Waals surface area contributed by atoms with Crippen LogP contribution in [0.2, 0.25) is 0 Å². The maximum atomic E-state index is 9.41. The van der Waals surface area contributed by atoms with Crippen LogP contribution in [-0.2, 0) is 6.42 Å². The Bertz CT molecular complexity index is 355. The molecule has 2 atom stereocenters. The van der Waals surface area contributed by atoms with Crippen LogP contribution < -0.4 is 0 Å². The first-order valence-electron chi connectivity index (χ1n) is 6.79. The average molecular weight is 248 g/mol. The van der Waals surface area contributed by atoms with E-state index in [9.17, 15) is 5.11 Å². The molecule has 0 saturated carbocycles. The number of benzene rings is 1. The molecule has 1 N–H and O–H groups in total. The van der Waals surface area contributed by atoms with E-state index >= 15 is 0 Å². The molecule has 3 nitrogen and oxygen atoms in total. The zero-order valence-corrected chi connectivity index (χ0v) is 11.4. The van der Waals surface area contributed by atoms with Gasteiger partial charge in [0.2, 0.25) is 0 Å². The van der Waals surface area contributed by atoms with Gasteiger partial charge in [-0.15, -0.1) is 0 Å². The Labute approximate surface area is 110 Å². The molecule has 1 aliphatic heterocycles. The molecule has 3 heteroatoms. The number of hydrogen-bond donors (Lipinski definition) is 1. The minimum Gasteiger partial charge on any atom is -0.395 e. The summed E-state index contributed by atoms with van der Waals surface area (Å²) in [5, 5.41) is 9.41. The summed E-state index contributed by atoms with van der Waals surface area (Å²) in [7, 11) is 2.11. The van der Waals surface area contributed by atoms with Crippen LogP contribution in [0.4, 0.5) is 0 Å². The Kier molecular flexibility index (Phi) is 4.75. The van der Waals surface area contributed by atoms with E-state index in [0.29, 0.717) is 6.04 Å². The van der Waals surface area contributed by atoms with Gasteiger partial charge in [-0.05, 0) is 26.0 Å². The third-order valence-corrected chi connectivity index (χ3v) is 4.03. The lowest BCUT2D eigenvalue weighted by molar-refractivity contribution is 0.0228. The van der Waals surface area contributed by atoms with Crippen molar-refractivity contribution >= 4 is 0 Å². The fourth-order valence-corrected chi connectivity index (χ4v) is 2.66. The first-order valence-corrected chi connectivity index (χ1v) is 6.79. The molecule has 1 aliphatic rings. The predicted molar refractivity (Wildman–Crippen MR) is 74.7 cm³/mol. The van der Waals surface area contributed by atoms with Crippen LogP contribution in [0.5, 0.6) is 0 Å². The molecule has 2 rings (SSSR count). The van der Waals surface area contributed by atoms with Crippen LogP contribution in [0.1, 0.15) is 12.5 Å². The van der Waals surface area contributed by atoms with Crippen LogP contribution in [0.3, 0.4) is 0 Å². The van der Waals surface area contributed by atoms with Gasteiger partial charge in [-0.3, -0.25) is 9.80 Å². The summed E-state index contributed by atoms with van der Waals surface area (Å²) >= 11 is 0. The van der Waals surface area contributed by atoms with E-state index in [1.54, 1.807) is 0 Å². The fraction of sp³-hybridized carbons (Fsp3) is 0.600. The minimum atomic E-state index is 0.253. The van der Waals surface area contributed by atoms with Crippen molar-refractivity contribution in [1.29, 1.82) is 0 Å². The Hall–Kier alpha value is -0.900. The molecule has 1 aromatic carbocycles. The molecule has 0 radical (unpaired) electrons. The summed E-state index contributed by atoms with van der Waals surface area (Å²) < 4.78 is 0. The number of aliphatic hydroxyl groups excluding tert-OH is 1. The van der Waals surface area contributed by atoms with E-state index in [0.717, 1.165) is 26.1 Å². The van der Waals surface area contributed by atoms with E-state index in [4.69, 9.17) is 0 Å². The number of rotatable bonds is 4. The third-order valence-electron chi connectivity index (χ3n) is 4.03. The molecule has 0 amide bonds. The second kappa shape index (κ2) is 6.32.